The van der Waals surface area contributed by atoms with Crippen molar-refractivity contribution >= 4 is 39.5 Å². The van der Waals surface area contributed by atoms with Gasteiger partial charge >= 0.3 is 39.5 Å². The molecule has 19 heteroatoms. The van der Waals surface area contributed by atoms with Gasteiger partial charge in [-0.3, -0.25) is 37.3 Å². The second kappa shape index (κ2) is 71.7. The summed E-state index contributed by atoms with van der Waals surface area (Å²) in [5.74, 6) is -0.579. The van der Waals surface area contributed by atoms with Crippen LogP contribution >= 0.6 is 15.6 Å². The number of rotatable bonds is 79. The van der Waals surface area contributed by atoms with E-state index in [2.05, 4.69) is 41.5 Å². The number of aliphatic hydroxyl groups is 1. The van der Waals surface area contributed by atoms with Crippen LogP contribution in [0, 0.1) is 11.8 Å². The van der Waals surface area contributed by atoms with Crippen LogP contribution in [0.15, 0.2) is 0 Å². The van der Waals surface area contributed by atoms with Crippen molar-refractivity contribution in [3.05, 3.63) is 0 Å². The molecule has 588 valence electrons. The van der Waals surface area contributed by atoms with E-state index in [9.17, 15) is 43.2 Å². The zero-order valence-electron chi connectivity index (χ0n) is 64.8. The van der Waals surface area contributed by atoms with Crippen LogP contribution in [0.25, 0.3) is 0 Å². The molecule has 2 unspecified atom stereocenters. The van der Waals surface area contributed by atoms with Crippen molar-refractivity contribution in [3.63, 3.8) is 0 Å². The zero-order valence-corrected chi connectivity index (χ0v) is 66.6. The number of hydrogen-bond acceptors (Lipinski definition) is 15. The van der Waals surface area contributed by atoms with Crippen LogP contribution in [-0.2, 0) is 65.4 Å². The molecule has 0 radical (unpaired) electrons. The SMILES string of the molecule is CCCCCCCCCCCCCCCCCCCCCCCCC(=O)O[C@H](COC(=O)CCCCCCCCCCCCCCCCC(C)C)COP(=O)(O)OC[C@@H](O)COP(=O)(O)OC[C@@H](COC(=O)CCCCCCCCCC)OC(=O)CCCCCCCCCCCC(C)C. The Morgan fingerprint density at radius 3 is 0.687 bits per heavy atom. The van der Waals surface area contributed by atoms with E-state index in [4.69, 9.17) is 37.0 Å². The molecular formula is C80H156O17P2. The number of phosphoric ester groups is 2. The average Bonchev–Trinajstić information content (AvgIpc) is 1.06. The van der Waals surface area contributed by atoms with Gasteiger partial charge in [-0.15, -0.1) is 0 Å². The summed E-state index contributed by atoms with van der Waals surface area (Å²) in [6, 6.07) is 0. The Morgan fingerprint density at radius 1 is 0.273 bits per heavy atom. The first-order chi connectivity index (χ1) is 47.9. The van der Waals surface area contributed by atoms with Gasteiger partial charge in [0.1, 0.15) is 19.3 Å². The maximum absolute atomic E-state index is 13.1. The minimum Gasteiger partial charge on any atom is -0.462 e. The van der Waals surface area contributed by atoms with E-state index in [1.54, 1.807) is 0 Å². The van der Waals surface area contributed by atoms with Crippen LogP contribution in [0.3, 0.4) is 0 Å². The lowest BCUT2D eigenvalue weighted by atomic mass is 10.0. The second-order valence-electron chi connectivity index (χ2n) is 29.8. The number of esters is 4. The molecule has 0 fully saturated rings. The lowest BCUT2D eigenvalue weighted by molar-refractivity contribution is -0.161. The average molecular weight is 1450 g/mol. The third-order valence-corrected chi connectivity index (χ3v) is 20.6. The van der Waals surface area contributed by atoms with E-state index in [1.807, 2.05) is 0 Å². The van der Waals surface area contributed by atoms with Gasteiger partial charge in [0.2, 0.25) is 0 Å². The van der Waals surface area contributed by atoms with Crippen LogP contribution in [-0.4, -0.2) is 96.7 Å². The van der Waals surface area contributed by atoms with Crippen LogP contribution in [0.1, 0.15) is 420 Å². The number of phosphoric acid groups is 2. The molecule has 0 heterocycles. The van der Waals surface area contributed by atoms with Crippen molar-refractivity contribution < 1.29 is 80.2 Å². The molecule has 0 aliphatic heterocycles. The fraction of sp³-hybridized carbons (Fsp3) is 0.950. The summed E-state index contributed by atoms with van der Waals surface area (Å²) in [4.78, 5) is 72.8. The first kappa shape index (κ1) is 97.1. The topological polar surface area (TPSA) is 237 Å². The first-order valence-corrected chi connectivity index (χ1v) is 44.5. The van der Waals surface area contributed by atoms with Crippen LogP contribution in [0.5, 0.6) is 0 Å². The van der Waals surface area contributed by atoms with E-state index in [-0.39, 0.29) is 25.7 Å². The summed E-state index contributed by atoms with van der Waals surface area (Å²) in [7, 11) is -9.91. The molecule has 0 aromatic carbocycles. The molecule has 99 heavy (non-hydrogen) atoms. The van der Waals surface area contributed by atoms with Gasteiger partial charge in [0.05, 0.1) is 26.4 Å². The van der Waals surface area contributed by atoms with E-state index < -0.39 is 97.5 Å². The minimum absolute atomic E-state index is 0.105. The first-order valence-electron chi connectivity index (χ1n) is 41.5. The van der Waals surface area contributed by atoms with Gasteiger partial charge in [0.25, 0.3) is 0 Å². The molecule has 0 saturated heterocycles. The molecule has 0 aromatic rings. The van der Waals surface area contributed by atoms with E-state index in [1.165, 1.54) is 231 Å². The number of aliphatic hydroxyl groups excluding tert-OH is 1. The largest absolute Gasteiger partial charge is 0.472 e. The zero-order chi connectivity index (χ0) is 72.8. The number of hydrogen-bond donors (Lipinski definition) is 3. The molecule has 0 bridgehead atoms. The van der Waals surface area contributed by atoms with E-state index >= 15 is 0 Å². The summed E-state index contributed by atoms with van der Waals surface area (Å²) in [6.45, 7) is 9.59. The normalized spacial score (nSPS) is 13.9. The Morgan fingerprint density at radius 2 is 0.465 bits per heavy atom. The molecule has 0 saturated carbocycles. The predicted molar refractivity (Wildman–Crippen MR) is 405 cm³/mol. The van der Waals surface area contributed by atoms with Crippen molar-refractivity contribution in [2.75, 3.05) is 39.6 Å². The standard InChI is InChI=1S/C80H156O17P2/c1-7-9-11-13-15-17-18-19-20-21-22-23-24-25-26-27-32-35-40-46-52-58-64-79(84)96-76(69-91-78(83)63-57-51-45-39-34-31-29-28-30-33-37-42-48-54-60-72(3)4)71-95-99(88,89)93-67-74(81)66-92-98(86,87)94-70-75(68-90-77(82)62-56-50-44-16-14-12-10-8-2)97-80(85)65-59-53-47-41-36-38-43-49-55-61-73(5)6/h72-76,81H,7-71H2,1-6H3,(H,86,87)(H,88,89)/t74-,75+,76+/m0/s1. The molecule has 3 N–H and O–H groups in total. The molecule has 0 amide bonds. The van der Waals surface area contributed by atoms with Gasteiger partial charge in [0.15, 0.2) is 12.2 Å². The molecule has 0 spiro atoms. The number of carbonyl (C=O) groups is 4. The molecule has 5 atom stereocenters. The highest BCUT2D eigenvalue weighted by atomic mass is 31.2. The van der Waals surface area contributed by atoms with Crippen molar-refractivity contribution in [1.82, 2.24) is 0 Å². The Kier molecular flexibility index (Phi) is 70.3. The summed E-state index contributed by atoms with van der Waals surface area (Å²) >= 11 is 0. The van der Waals surface area contributed by atoms with Gasteiger partial charge in [-0.2, -0.15) is 0 Å². The Balaban J connectivity index is 5.17. The van der Waals surface area contributed by atoms with Crippen molar-refractivity contribution in [3.8, 4) is 0 Å². The van der Waals surface area contributed by atoms with Crippen LogP contribution in [0.2, 0.25) is 0 Å². The van der Waals surface area contributed by atoms with Crippen LogP contribution in [0.4, 0.5) is 0 Å². The number of carbonyl (C=O) groups excluding carboxylic acids is 4. The Hall–Kier alpha value is -1.94. The van der Waals surface area contributed by atoms with Gasteiger partial charge in [-0.1, -0.05) is 369 Å². The third kappa shape index (κ3) is 74.1. The molecule has 0 aliphatic rings. The van der Waals surface area contributed by atoms with Gasteiger partial charge in [0, 0.05) is 25.7 Å². The van der Waals surface area contributed by atoms with Gasteiger partial charge in [-0.25, -0.2) is 9.13 Å². The summed E-state index contributed by atoms with van der Waals surface area (Å²) in [5.41, 5.74) is 0. The Bertz CT molecular complexity index is 1910. The van der Waals surface area contributed by atoms with Crippen LogP contribution < -0.4 is 0 Å². The lowest BCUT2D eigenvalue weighted by Crippen LogP contribution is -2.30. The van der Waals surface area contributed by atoms with E-state index in [0.717, 1.165) is 108 Å². The van der Waals surface area contributed by atoms with Crippen molar-refractivity contribution in [1.29, 1.82) is 0 Å². The van der Waals surface area contributed by atoms with Gasteiger partial charge < -0.3 is 33.8 Å². The monoisotopic (exact) mass is 1450 g/mol. The molecule has 17 nitrogen and oxygen atoms in total. The quantitative estimate of drug-likeness (QED) is 0.0222. The highest BCUT2D eigenvalue weighted by Crippen LogP contribution is 2.45. The number of unbranched alkanes of at least 4 members (excludes halogenated alkanes) is 49. The summed E-state index contributed by atoms with van der Waals surface area (Å²) in [5, 5.41) is 10.6. The summed E-state index contributed by atoms with van der Waals surface area (Å²) in [6.07, 6.45) is 61.3. The summed E-state index contributed by atoms with van der Waals surface area (Å²) < 4.78 is 68.6. The molecule has 0 aliphatic carbocycles. The minimum atomic E-state index is -4.96. The fourth-order valence-electron chi connectivity index (χ4n) is 12.4. The highest BCUT2D eigenvalue weighted by Gasteiger charge is 2.30. The third-order valence-electron chi connectivity index (χ3n) is 18.7. The number of ether oxygens (including phenoxy) is 4. The maximum Gasteiger partial charge on any atom is 0.472 e. The smallest absolute Gasteiger partial charge is 0.462 e. The fourth-order valence-corrected chi connectivity index (χ4v) is 13.9. The predicted octanol–water partition coefficient (Wildman–Crippen LogP) is 23.9. The van der Waals surface area contributed by atoms with Crippen molar-refractivity contribution in [2.45, 2.75) is 439 Å². The molecule has 0 aromatic heterocycles. The second-order valence-corrected chi connectivity index (χ2v) is 32.7. The van der Waals surface area contributed by atoms with E-state index in [0.29, 0.717) is 25.7 Å². The van der Waals surface area contributed by atoms with Crippen molar-refractivity contribution in [2.24, 2.45) is 11.8 Å². The molecular weight excluding hydrogens is 1290 g/mol. The highest BCUT2D eigenvalue weighted by molar-refractivity contribution is 7.47. The maximum atomic E-state index is 13.1. The molecule has 0 rings (SSSR count). The Labute approximate surface area is 607 Å². The lowest BCUT2D eigenvalue weighted by Gasteiger charge is -2.21. The van der Waals surface area contributed by atoms with Gasteiger partial charge in [-0.05, 0) is 37.5 Å².